The van der Waals surface area contributed by atoms with Crippen LogP contribution in [0.1, 0.15) is 34.1 Å². The fourth-order valence-electron chi connectivity index (χ4n) is 3.04. The molecular formula is C30H42FN5O4. The number of halogens is 1. The third-order valence-electron chi connectivity index (χ3n) is 4.73. The maximum absolute atomic E-state index is 12.3. The molecule has 2 N–H and O–H groups in total. The molecule has 0 aromatic heterocycles. The number of amides is 2. The molecule has 1 fully saturated rings. The molecule has 0 aliphatic carbocycles. The number of likely N-dealkylation sites (N-methyl/N-ethyl adjacent to an activating group) is 1. The summed E-state index contributed by atoms with van der Waals surface area (Å²) in [5.74, 6) is -1.41. The van der Waals surface area contributed by atoms with Crippen LogP contribution in [0, 0.1) is 28.5 Å². The van der Waals surface area contributed by atoms with E-state index >= 15 is 0 Å². The highest BCUT2D eigenvalue weighted by molar-refractivity contribution is 6.29. The lowest BCUT2D eigenvalue weighted by atomic mass is 10.0. The number of benzene rings is 2. The second-order valence-corrected chi connectivity index (χ2v) is 10.8. The van der Waals surface area contributed by atoms with Gasteiger partial charge < -0.3 is 25.2 Å². The van der Waals surface area contributed by atoms with Gasteiger partial charge in [0.25, 0.3) is 5.91 Å². The number of aldehydes is 2. The van der Waals surface area contributed by atoms with Gasteiger partial charge in [-0.15, -0.1) is 0 Å². The second-order valence-electron chi connectivity index (χ2n) is 10.8. The quantitative estimate of drug-likeness (QED) is 0.404. The van der Waals surface area contributed by atoms with E-state index in [1.807, 2.05) is 37.4 Å². The largest absolute Gasteiger partial charge is 0.388 e. The van der Waals surface area contributed by atoms with Crippen LogP contribution in [0.15, 0.2) is 54.6 Å². The predicted molar refractivity (Wildman–Crippen MR) is 156 cm³/mol. The smallest absolute Gasteiger partial charge is 0.288 e. The molecule has 3 rings (SSSR count). The van der Waals surface area contributed by atoms with Crippen molar-refractivity contribution in [3.8, 4) is 6.07 Å². The Balaban J connectivity index is 0.000000543. The molecule has 0 bridgehead atoms. The monoisotopic (exact) mass is 555 g/mol. The highest BCUT2D eigenvalue weighted by Gasteiger charge is 2.34. The number of hydrogen-bond acceptors (Lipinski definition) is 7. The number of nitriles is 1. The van der Waals surface area contributed by atoms with Gasteiger partial charge >= 0.3 is 0 Å². The van der Waals surface area contributed by atoms with Crippen LogP contribution in [0.5, 0.6) is 0 Å². The Morgan fingerprint density at radius 1 is 1.05 bits per heavy atom. The summed E-state index contributed by atoms with van der Waals surface area (Å²) >= 11 is 0. The minimum atomic E-state index is -0.749. The number of nitrogens with zero attached hydrogens (tertiary/aromatic N) is 3. The summed E-state index contributed by atoms with van der Waals surface area (Å²) in [6.45, 7) is 9.41. The van der Waals surface area contributed by atoms with Crippen LogP contribution in [0.4, 0.5) is 15.8 Å². The zero-order chi connectivity index (χ0) is 30.7. The lowest BCUT2D eigenvalue weighted by Gasteiger charge is -2.21. The van der Waals surface area contributed by atoms with Gasteiger partial charge in [-0.1, -0.05) is 45.9 Å². The first-order chi connectivity index (χ1) is 18.7. The van der Waals surface area contributed by atoms with E-state index < -0.39 is 11.9 Å². The van der Waals surface area contributed by atoms with Crippen molar-refractivity contribution < 1.29 is 23.6 Å². The number of hydrogen-bond donors (Lipinski definition) is 2. The molecule has 0 spiro atoms. The van der Waals surface area contributed by atoms with Gasteiger partial charge in [0.05, 0.1) is 12.6 Å². The summed E-state index contributed by atoms with van der Waals surface area (Å²) in [5.41, 5.74) is 2.06. The number of anilines is 2. The molecule has 2 atom stereocenters. The molecule has 0 saturated carbocycles. The standard InChI is InChI=1S/C10H15N3O2.C8H6FNO2.C7H9N.C5H12/c1-12(2)6-10(15)13-5-8(7-14)3-9(13)4-11;9-6-1-3-7(4-2-6)10-8(12)5-11;1-8-7-5-3-2-4-6-7;1-5(2,3)4/h7-9H,3,5-6H2,1-2H3;1-5H,(H,10,12);2-6,8H,1H3;1-4H3. The molecule has 2 amide bonds. The normalized spacial score (nSPS) is 15.4. The molecule has 218 valence electrons. The lowest BCUT2D eigenvalue weighted by molar-refractivity contribution is -0.132. The van der Waals surface area contributed by atoms with Crippen molar-refractivity contribution in [3.63, 3.8) is 0 Å². The van der Waals surface area contributed by atoms with Gasteiger partial charge in [0.15, 0.2) is 0 Å². The highest BCUT2D eigenvalue weighted by Crippen LogP contribution is 2.21. The summed E-state index contributed by atoms with van der Waals surface area (Å²) in [6, 6.07) is 16.8. The summed E-state index contributed by atoms with van der Waals surface area (Å²) in [7, 11) is 5.51. The van der Waals surface area contributed by atoms with E-state index in [9.17, 15) is 23.6 Å². The summed E-state index contributed by atoms with van der Waals surface area (Å²) < 4.78 is 12.3. The van der Waals surface area contributed by atoms with E-state index in [1.165, 1.54) is 29.2 Å². The summed E-state index contributed by atoms with van der Waals surface area (Å²) in [5, 5.41) is 14.1. The molecule has 1 aliphatic heterocycles. The third kappa shape index (κ3) is 17.4. The van der Waals surface area contributed by atoms with Gasteiger partial charge in [-0.3, -0.25) is 14.4 Å². The topological polar surface area (TPSA) is 123 Å². The number of likely N-dealkylation sites (tertiary alicyclic amines) is 1. The van der Waals surface area contributed by atoms with E-state index in [4.69, 9.17) is 5.26 Å². The van der Waals surface area contributed by atoms with Crippen molar-refractivity contribution >= 4 is 35.8 Å². The van der Waals surface area contributed by atoms with E-state index in [1.54, 1.807) is 19.0 Å². The maximum Gasteiger partial charge on any atom is 0.288 e. The van der Waals surface area contributed by atoms with Crippen molar-refractivity contribution in [1.82, 2.24) is 9.80 Å². The first kappa shape index (κ1) is 35.9. The first-order valence-corrected chi connectivity index (χ1v) is 12.8. The van der Waals surface area contributed by atoms with E-state index in [2.05, 4.69) is 44.4 Å². The molecule has 2 unspecified atom stereocenters. The van der Waals surface area contributed by atoms with Crippen molar-refractivity contribution in [3.05, 3.63) is 60.4 Å². The van der Waals surface area contributed by atoms with E-state index in [0.717, 1.165) is 12.0 Å². The lowest BCUT2D eigenvalue weighted by Crippen LogP contribution is -2.40. The molecule has 1 aliphatic rings. The number of rotatable bonds is 6. The van der Waals surface area contributed by atoms with E-state index in [-0.39, 0.29) is 30.5 Å². The number of carbonyl (C=O) groups excluding carboxylic acids is 4. The Hall–Kier alpha value is -4.10. The Bertz CT molecular complexity index is 1070. The van der Waals surface area contributed by atoms with Gasteiger partial charge in [0.1, 0.15) is 18.1 Å². The Labute approximate surface area is 237 Å². The Morgan fingerprint density at radius 3 is 2.00 bits per heavy atom. The fourth-order valence-corrected chi connectivity index (χ4v) is 3.04. The Morgan fingerprint density at radius 2 is 1.60 bits per heavy atom. The van der Waals surface area contributed by atoms with Gasteiger partial charge in [-0.2, -0.15) is 5.26 Å². The van der Waals surface area contributed by atoms with Crippen LogP contribution in [-0.4, -0.2) is 74.5 Å². The van der Waals surface area contributed by atoms with Crippen LogP contribution in [0.3, 0.4) is 0 Å². The summed E-state index contributed by atoms with van der Waals surface area (Å²) in [4.78, 5) is 45.9. The SMILES string of the molecule is CC(C)(C)C.CN(C)CC(=O)N1CC(C=O)CC1C#N.CNc1ccccc1.O=CC(=O)Nc1ccc(F)cc1. The van der Waals surface area contributed by atoms with Crippen LogP contribution in [-0.2, 0) is 19.2 Å². The van der Waals surface area contributed by atoms with Crippen LogP contribution in [0.25, 0.3) is 0 Å². The van der Waals surface area contributed by atoms with Crippen LogP contribution < -0.4 is 10.6 Å². The summed E-state index contributed by atoms with van der Waals surface area (Å²) in [6.07, 6.45) is 1.45. The molecule has 9 nitrogen and oxygen atoms in total. The van der Waals surface area contributed by atoms with Gasteiger partial charge in [-0.25, -0.2) is 4.39 Å². The average Bonchev–Trinajstić information content (AvgIpc) is 3.34. The molecule has 1 heterocycles. The maximum atomic E-state index is 12.3. The molecular weight excluding hydrogens is 513 g/mol. The number of carbonyl (C=O) groups is 4. The molecule has 1 saturated heterocycles. The second kappa shape index (κ2) is 19.0. The fraction of sp³-hybridized carbons (Fsp3) is 0.433. The third-order valence-corrected chi connectivity index (χ3v) is 4.73. The van der Waals surface area contributed by atoms with Crippen LogP contribution in [0.2, 0.25) is 0 Å². The number of nitrogens with one attached hydrogen (secondary N) is 2. The van der Waals surface area contributed by atoms with Gasteiger partial charge in [0.2, 0.25) is 12.2 Å². The first-order valence-electron chi connectivity index (χ1n) is 12.8. The number of para-hydroxylation sites is 1. The van der Waals surface area contributed by atoms with Crippen molar-refractivity contribution in [2.24, 2.45) is 11.3 Å². The van der Waals surface area contributed by atoms with Crippen molar-refractivity contribution in [2.45, 2.75) is 40.2 Å². The Kier molecular flexibility index (Phi) is 17.1. The minimum Gasteiger partial charge on any atom is -0.388 e. The van der Waals surface area contributed by atoms with Crippen molar-refractivity contribution in [2.75, 3.05) is 44.9 Å². The van der Waals surface area contributed by atoms with Crippen LogP contribution >= 0.6 is 0 Å². The van der Waals surface area contributed by atoms with Crippen molar-refractivity contribution in [1.29, 1.82) is 5.26 Å². The predicted octanol–water partition coefficient (Wildman–Crippen LogP) is 4.23. The molecule has 2 aromatic rings. The molecule has 0 radical (unpaired) electrons. The molecule has 2 aromatic carbocycles. The van der Waals surface area contributed by atoms with E-state index in [0.29, 0.717) is 24.1 Å². The highest BCUT2D eigenvalue weighted by atomic mass is 19.1. The molecule has 40 heavy (non-hydrogen) atoms. The minimum absolute atomic E-state index is 0.0871. The van der Waals surface area contributed by atoms with Gasteiger partial charge in [-0.05, 0) is 62.3 Å². The molecule has 10 heteroatoms. The van der Waals surface area contributed by atoms with Gasteiger partial charge in [0, 0.05) is 30.9 Å². The zero-order valence-electron chi connectivity index (χ0n) is 24.5. The average molecular weight is 556 g/mol. The zero-order valence-corrected chi connectivity index (χ0v) is 24.5.